The molecule has 0 bridgehead atoms. The minimum atomic E-state index is -0.163. The Labute approximate surface area is 76.5 Å². The lowest BCUT2D eigenvalue weighted by atomic mass is 9.97. The molecule has 0 amide bonds. The summed E-state index contributed by atoms with van der Waals surface area (Å²) < 4.78 is 0. The van der Waals surface area contributed by atoms with Gasteiger partial charge in [0, 0.05) is 0 Å². The number of aliphatic hydroxyl groups is 1. The van der Waals surface area contributed by atoms with Crippen LogP contribution in [0.25, 0.3) is 0 Å². The molecule has 0 fully saturated rings. The normalized spacial score (nSPS) is 17.2. The van der Waals surface area contributed by atoms with E-state index in [-0.39, 0.29) is 6.10 Å². The number of allylic oxidation sites excluding steroid dienone is 2. The minimum absolute atomic E-state index is 0.163. The maximum Gasteiger partial charge on any atom is 0.0515 e. The Balaban J connectivity index is 3.48. The summed E-state index contributed by atoms with van der Waals surface area (Å²) in [5.74, 6) is 1.37. The Morgan fingerprint density at radius 3 is 2.17 bits per heavy atom. The summed E-state index contributed by atoms with van der Waals surface area (Å²) in [4.78, 5) is 0. The molecule has 2 unspecified atom stereocenters. The molecule has 0 aromatic heterocycles. The maximum absolute atomic E-state index is 8.99. The zero-order chi connectivity index (χ0) is 9.56. The first-order valence-corrected chi connectivity index (χ1v) is 4.88. The number of hydrogen-bond acceptors (Lipinski definition) is 1. The Morgan fingerprint density at radius 2 is 1.75 bits per heavy atom. The first-order chi connectivity index (χ1) is 5.54. The van der Waals surface area contributed by atoms with Crippen molar-refractivity contribution in [3.8, 4) is 0 Å². The summed E-state index contributed by atoms with van der Waals surface area (Å²) in [6.07, 6.45) is 6.13. The van der Waals surface area contributed by atoms with E-state index >= 15 is 0 Å². The molecule has 1 heteroatoms. The fourth-order valence-corrected chi connectivity index (χ4v) is 0.871. The maximum atomic E-state index is 8.99. The second-order valence-corrected chi connectivity index (χ2v) is 3.96. The van der Waals surface area contributed by atoms with E-state index in [4.69, 9.17) is 5.11 Å². The molecule has 0 spiro atoms. The Kier molecular flexibility index (Phi) is 6.09. The standard InChI is InChI=1S/C11H22O/c1-9(2)10(3)7-5-6-8-11(4)12/h5,7,9-12H,6,8H2,1-4H3. The van der Waals surface area contributed by atoms with E-state index in [1.165, 1.54) is 0 Å². The summed E-state index contributed by atoms with van der Waals surface area (Å²) in [7, 11) is 0. The van der Waals surface area contributed by atoms with Gasteiger partial charge < -0.3 is 5.11 Å². The highest BCUT2D eigenvalue weighted by atomic mass is 16.3. The highest BCUT2D eigenvalue weighted by Crippen LogP contribution is 2.11. The second-order valence-electron chi connectivity index (χ2n) is 3.96. The fourth-order valence-electron chi connectivity index (χ4n) is 0.871. The van der Waals surface area contributed by atoms with Crippen molar-refractivity contribution >= 4 is 0 Å². The molecule has 0 saturated heterocycles. The third kappa shape index (κ3) is 6.41. The monoisotopic (exact) mass is 170 g/mol. The van der Waals surface area contributed by atoms with Crippen LogP contribution in [0.2, 0.25) is 0 Å². The molecule has 1 nitrogen and oxygen atoms in total. The van der Waals surface area contributed by atoms with Crippen LogP contribution in [0.3, 0.4) is 0 Å². The van der Waals surface area contributed by atoms with Crippen LogP contribution in [0.4, 0.5) is 0 Å². The lowest BCUT2D eigenvalue weighted by Crippen LogP contribution is -2.00. The van der Waals surface area contributed by atoms with Gasteiger partial charge in [0.25, 0.3) is 0 Å². The zero-order valence-electron chi connectivity index (χ0n) is 8.75. The van der Waals surface area contributed by atoms with Crippen LogP contribution < -0.4 is 0 Å². The molecule has 0 aliphatic carbocycles. The van der Waals surface area contributed by atoms with Crippen LogP contribution in [0, 0.1) is 11.8 Å². The Bertz CT molecular complexity index is 125. The zero-order valence-corrected chi connectivity index (χ0v) is 8.75. The van der Waals surface area contributed by atoms with Gasteiger partial charge in [-0.15, -0.1) is 0 Å². The van der Waals surface area contributed by atoms with Gasteiger partial charge in [-0.2, -0.15) is 0 Å². The van der Waals surface area contributed by atoms with Gasteiger partial charge in [-0.1, -0.05) is 32.9 Å². The van der Waals surface area contributed by atoms with E-state index < -0.39 is 0 Å². The minimum Gasteiger partial charge on any atom is -0.393 e. The molecular formula is C11H22O. The molecule has 0 rings (SSSR count). The number of rotatable bonds is 5. The summed E-state index contributed by atoms with van der Waals surface area (Å²) in [5, 5.41) is 8.99. The molecule has 72 valence electrons. The van der Waals surface area contributed by atoms with E-state index in [1.54, 1.807) is 0 Å². The SMILES string of the molecule is CC(O)CCC=CC(C)C(C)C. The molecule has 0 aliphatic rings. The molecule has 0 aromatic rings. The van der Waals surface area contributed by atoms with Gasteiger partial charge in [0.15, 0.2) is 0 Å². The smallest absolute Gasteiger partial charge is 0.0515 e. The van der Waals surface area contributed by atoms with Gasteiger partial charge in [0.2, 0.25) is 0 Å². The van der Waals surface area contributed by atoms with Gasteiger partial charge in [-0.05, 0) is 31.6 Å². The highest BCUT2D eigenvalue weighted by Gasteiger charge is 2.01. The average molecular weight is 170 g/mol. The van der Waals surface area contributed by atoms with Gasteiger partial charge >= 0.3 is 0 Å². The predicted molar refractivity (Wildman–Crippen MR) is 54.1 cm³/mol. The van der Waals surface area contributed by atoms with Crippen molar-refractivity contribution in [2.24, 2.45) is 11.8 Å². The lowest BCUT2D eigenvalue weighted by Gasteiger charge is -2.09. The summed E-state index contributed by atoms with van der Waals surface area (Å²) in [6.45, 7) is 8.51. The van der Waals surface area contributed by atoms with Gasteiger partial charge in [-0.25, -0.2) is 0 Å². The van der Waals surface area contributed by atoms with Crippen molar-refractivity contribution < 1.29 is 5.11 Å². The molecule has 1 N–H and O–H groups in total. The average Bonchev–Trinajstić information content (AvgIpc) is 1.97. The van der Waals surface area contributed by atoms with Crippen LogP contribution in [0.15, 0.2) is 12.2 Å². The molecule has 0 heterocycles. The van der Waals surface area contributed by atoms with E-state index in [9.17, 15) is 0 Å². The molecular weight excluding hydrogens is 148 g/mol. The number of hydrogen-bond donors (Lipinski definition) is 1. The fraction of sp³-hybridized carbons (Fsp3) is 0.818. The van der Waals surface area contributed by atoms with Gasteiger partial charge in [0.05, 0.1) is 6.10 Å². The van der Waals surface area contributed by atoms with Crippen LogP contribution in [0.1, 0.15) is 40.5 Å². The van der Waals surface area contributed by atoms with Crippen LogP contribution in [-0.2, 0) is 0 Å². The van der Waals surface area contributed by atoms with Crippen LogP contribution in [0.5, 0.6) is 0 Å². The van der Waals surface area contributed by atoms with Crippen molar-refractivity contribution in [1.29, 1.82) is 0 Å². The van der Waals surface area contributed by atoms with E-state index in [0.717, 1.165) is 12.8 Å². The second kappa shape index (κ2) is 6.24. The summed E-state index contributed by atoms with van der Waals surface area (Å²) in [6, 6.07) is 0. The molecule has 0 aliphatic heterocycles. The van der Waals surface area contributed by atoms with Crippen LogP contribution >= 0.6 is 0 Å². The lowest BCUT2D eigenvalue weighted by molar-refractivity contribution is 0.186. The van der Waals surface area contributed by atoms with Crippen molar-refractivity contribution in [2.45, 2.75) is 46.6 Å². The van der Waals surface area contributed by atoms with Crippen molar-refractivity contribution in [3.05, 3.63) is 12.2 Å². The molecule has 0 aromatic carbocycles. The summed E-state index contributed by atoms with van der Waals surface area (Å²) in [5.41, 5.74) is 0. The Hall–Kier alpha value is -0.300. The molecule has 0 radical (unpaired) electrons. The first kappa shape index (κ1) is 11.7. The quantitative estimate of drug-likeness (QED) is 0.629. The summed E-state index contributed by atoms with van der Waals surface area (Å²) >= 11 is 0. The third-order valence-corrected chi connectivity index (χ3v) is 2.24. The van der Waals surface area contributed by atoms with Crippen molar-refractivity contribution in [1.82, 2.24) is 0 Å². The highest BCUT2D eigenvalue weighted by molar-refractivity contribution is 4.87. The van der Waals surface area contributed by atoms with E-state index in [0.29, 0.717) is 11.8 Å². The van der Waals surface area contributed by atoms with Crippen molar-refractivity contribution in [3.63, 3.8) is 0 Å². The van der Waals surface area contributed by atoms with Gasteiger partial charge in [-0.3, -0.25) is 0 Å². The van der Waals surface area contributed by atoms with Crippen molar-refractivity contribution in [2.75, 3.05) is 0 Å². The van der Waals surface area contributed by atoms with E-state index in [2.05, 4.69) is 32.9 Å². The molecule has 12 heavy (non-hydrogen) atoms. The predicted octanol–water partition coefficient (Wildman–Crippen LogP) is 3.00. The largest absolute Gasteiger partial charge is 0.393 e. The van der Waals surface area contributed by atoms with Crippen LogP contribution in [-0.4, -0.2) is 11.2 Å². The Morgan fingerprint density at radius 1 is 1.17 bits per heavy atom. The molecule has 0 saturated carbocycles. The van der Waals surface area contributed by atoms with Gasteiger partial charge in [0.1, 0.15) is 0 Å². The first-order valence-electron chi connectivity index (χ1n) is 4.88. The van der Waals surface area contributed by atoms with E-state index in [1.807, 2.05) is 6.92 Å². The number of aliphatic hydroxyl groups excluding tert-OH is 1. The topological polar surface area (TPSA) is 20.2 Å². The third-order valence-electron chi connectivity index (χ3n) is 2.24. The molecule has 2 atom stereocenters.